The van der Waals surface area contributed by atoms with Gasteiger partial charge in [0.25, 0.3) is 0 Å². The van der Waals surface area contributed by atoms with E-state index in [2.05, 4.69) is 207 Å². The number of aromatic nitrogens is 5. The van der Waals surface area contributed by atoms with Gasteiger partial charge in [-0.25, -0.2) is 19.8 Å². The molecule has 16 rings (SSSR count). The van der Waals surface area contributed by atoms with Crippen LogP contribution in [0.5, 0.6) is 0 Å². The number of benzene rings is 11. The third kappa shape index (κ3) is 6.39. The third-order valence-electron chi connectivity index (χ3n) is 16.4. The van der Waals surface area contributed by atoms with Crippen LogP contribution in [0.2, 0.25) is 0 Å². The van der Waals surface area contributed by atoms with Gasteiger partial charge in [-0.3, -0.25) is 0 Å². The second-order valence-electron chi connectivity index (χ2n) is 20.5. The van der Waals surface area contributed by atoms with Crippen LogP contribution in [-0.2, 0) is 5.41 Å². The minimum Gasteiger partial charge on any atom is -0.318 e. The predicted molar refractivity (Wildman–Crippen MR) is 321 cm³/mol. The smallest absolute Gasteiger partial charge is 0.212 e. The van der Waals surface area contributed by atoms with Crippen molar-refractivity contribution >= 4 is 66.4 Å². The number of hydrogen-bond acceptors (Lipinski definition) is 5. The van der Waals surface area contributed by atoms with Gasteiger partial charge in [-0.2, -0.15) is 5.26 Å². The molecule has 14 aromatic rings. The minimum absolute atomic E-state index is 0.293. The first-order valence-corrected chi connectivity index (χ1v) is 26.7. The van der Waals surface area contributed by atoms with Crippen molar-refractivity contribution in [1.82, 2.24) is 24.1 Å². The normalized spacial score (nSPS) is 12.8. The van der Waals surface area contributed by atoms with Gasteiger partial charge >= 0.3 is 0 Å². The van der Waals surface area contributed by atoms with Gasteiger partial charge in [0.05, 0.1) is 51.4 Å². The van der Waals surface area contributed by atoms with E-state index < -0.39 is 5.41 Å². The standard InChI is InChI=1S/C72H42N8/c1-74-61-41-47(71-76-69(45-20-4-2-5-21-45)75-70(77-71)46-22-6-3-7-23-46)40-48(44-73)68(61)80-66-34-18-12-28-59(66)72(60-29-13-19-35-67(60)80)57-38-36-49(78-62-30-14-8-24-51(62)52-25-9-15-31-63(52)78)42-55(57)56-43-50(37-39-58(56)72)79-64-32-16-10-26-53(64)54-27-11-17-33-65(54)79/h2-43H. The quantitative estimate of drug-likeness (QED) is 0.155. The lowest BCUT2D eigenvalue weighted by Crippen LogP contribution is -2.36. The number of anilines is 3. The number of fused-ring (bicyclic) bond motifs is 15. The largest absolute Gasteiger partial charge is 0.318 e. The Morgan fingerprint density at radius 3 is 1.20 bits per heavy atom. The highest BCUT2D eigenvalue weighted by atomic mass is 15.2. The molecule has 0 amide bonds. The molecule has 2 aliphatic rings. The molecule has 11 aromatic carbocycles. The Labute approximate surface area is 460 Å². The second kappa shape index (κ2) is 17.4. The lowest BCUT2D eigenvalue weighted by molar-refractivity contribution is 0.752. The average molecular weight is 1020 g/mol. The van der Waals surface area contributed by atoms with Crippen LogP contribution >= 0.6 is 0 Å². The summed E-state index contributed by atoms with van der Waals surface area (Å²) in [4.78, 5) is 21.3. The zero-order valence-electron chi connectivity index (χ0n) is 42.8. The first-order valence-electron chi connectivity index (χ1n) is 26.7. The van der Waals surface area contributed by atoms with Crippen LogP contribution in [0.1, 0.15) is 27.8 Å². The summed E-state index contributed by atoms with van der Waals surface area (Å²) < 4.78 is 4.80. The number of rotatable bonds is 6. The zero-order chi connectivity index (χ0) is 53.1. The van der Waals surface area contributed by atoms with Crippen LogP contribution < -0.4 is 4.90 Å². The van der Waals surface area contributed by atoms with E-state index in [9.17, 15) is 5.26 Å². The fourth-order valence-corrected chi connectivity index (χ4v) is 13.1. The van der Waals surface area contributed by atoms with Gasteiger partial charge in [-0.1, -0.05) is 182 Å². The molecule has 1 spiro atoms. The Morgan fingerprint density at radius 1 is 0.388 bits per heavy atom. The van der Waals surface area contributed by atoms with E-state index >= 15 is 0 Å². The van der Waals surface area contributed by atoms with Gasteiger partial charge < -0.3 is 14.0 Å². The Kier molecular flexibility index (Phi) is 9.81. The number of nitrogens with zero attached hydrogens (tertiary/aromatic N) is 8. The molecule has 370 valence electrons. The summed E-state index contributed by atoms with van der Waals surface area (Å²) in [6, 6.07) is 91.6. The van der Waals surface area contributed by atoms with Gasteiger partial charge in [0.15, 0.2) is 17.5 Å². The predicted octanol–water partition coefficient (Wildman–Crippen LogP) is 17.6. The van der Waals surface area contributed by atoms with Crippen LogP contribution in [0.25, 0.3) is 105 Å². The molecule has 0 saturated heterocycles. The molecule has 0 unspecified atom stereocenters. The lowest BCUT2D eigenvalue weighted by Gasteiger charge is -2.45. The van der Waals surface area contributed by atoms with E-state index in [4.69, 9.17) is 21.5 Å². The zero-order valence-corrected chi connectivity index (χ0v) is 42.8. The molecular weight excluding hydrogens is 977 g/mol. The molecule has 3 aromatic heterocycles. The van der Waals surface area contributed by atoms with Crippen molar-refractivity contribution in [3.63, 3.8) is 0 Å². The maximum absolute atomic E-state index is 11.4. The topological polar surface area (TPSA) is 79.9 Å². The molecule has 0 radical (unpaired) electrons. The van der Waals surface area contributed by atoms with Crippen molar-refractivity contribution in [3.05, 3.63) is 294 Å². The second-order valence-corrected chi connectivity index (χ2v) is 20.5. The van der Waals surface area contributed by atoms with E-state index in [1.54, 1.807) is 0 Å². The maximum Gasteiger partial charge on any atom is 0.212 e. The minimum atomic E-state index is -0.829. The van der Waals surface area contributed by atoms with Crippen molar-refractivity contribution in [1.29, 1.82) is 5.26 Å². The van der Waals surface area contributed by atoms with Crippen molar-refractivity contribution in [2.75, 3.05) is 4.90 Å². The van der Waals surface area contributed by atoms with E-state index in [0.717, 1.165) is 89.3 Å². The SMILES string of the molecule is [C-]#[N+]c1cc(-c2nc(-c3ccccc3)nc(-c3ccccc3)n2)cc(C#N)c1N1c2ccccc2C2(c3ccc(-n4c5ccccc5c5ccccc54)cc3-c3cc(-n4c5ccccc5c5ccccc54)ccc32)c2ccccc21. The summed E-state index contributed by atoms with van der Waals surface area (Å²) in [5, 5.41) is 16.2. The number of nitriles is 1. The summed E-state index contributed by atoms with van der Waals surface area (Å²) in [5.41, 5.74) is 17.5. The molecule has 80 heavy (non-hydrogen) atoms. The Balaban J connectivity index is 0.937. The first-order chi connectivity index (χ1) is 39.6. The molecule has 8 heteroatoms. The molecule has 0 N–H and O–H groups in total. The Bertz CT molecular complexity index is 4590. The van der Waals surface area contributed by atoms with Crippen LogP contribution in [0, 0.1) is 17.9 Å². The molecular formula is C72H42N8. The highest BCUT2D eigenvalue weighted by Gasteiger charge is 2.52. The fourth-order valence-electron chi connectivity index (χ4n) is 13.1. The first kappa shape index (κ1) is 45.0. The molecule has 8 nitrogen and oxygen atoms in total. The van der Waals surface area contributed by atoms with Crippen molar-refractivity contribution < 1.29 is 0 Å². The van der Waals surface area contributed by atoms with E-state index in [0.29, 0.717) is 40.0 Å². The van der Waals surface area contributed by atoms with Crippen molar-refractivity contribution in [3.8, 4) is 62.7 Å². The van der Waals surface area contributed by atoms with Crippen molar-refractivity contribution in [2.24, 2.45) is 0 Å². The summed E-state index contributed by atoms with van der Waals surface area (Å²) in [7, 11) is 0. The van der Waals surface area contributed by atoms with Crippen LogP contribution in [0.3, 0.4) is 0 Å². The van der Waals surface area contributed by atoms with Gasteiger partial charge in [0, 0.05) is 61.0 Å². The lowest BCUT2D eigenvalue weighted by atomic mass is 9.64. The van der Waals surface area contributed by atoms with E-state index in [1.165, 1.54) is 21.5 Å². The molecule has 1 aliphatic carbocycles. The molecule has 0 saturated carbocycles. The maximum atomic E-state index is 11.4. The molecule has 0 atom stereocenters. The third-order valence-corrected chi connectivity index (χ3v) is 16.4. The van der Waals surface area contributed by atoms with Crippen LogP contribution in [-0.4, -0.2) is 24.1 Å². The monoisotopic (exact) mass is 1020 g/mol. The average Bonchev–Trinajstić information content (AvgIpc) is 3.95. The molecule has 4 heterocycles. The van der Waals surface area contributed by atoms with Crippen LogP contribution in [0.15, 0.2) is 255 Å². The highest BCUT2D eigenvalue weighted by Crippen LogP contribution is 2.65. The van der Waals surface area contributed by atoms with Crippen LogP contribution in [0.4, 0.5) is 22.7 Å². The molecule has 0 bridgehead atoms. The Morgan fingerprint density at radius 2 is 0.775 bits per heavy atom. The number of para-hydroxylation sites is 6. The van der Waals surface area contributed by atoms with Gasteiger partial charge in [0.2, 0.25) is 5.69 Å². The van der Waals surface area contributed by atoms with Crippen molar-refractivity contribution in [2.45, 2.75) is 5.41 Å². The Hall–Kier alpha value is -11.2. The van der Waals surface area contributed by atoms with Gasteiger partial charge in [-0.05, 0) is 106 Å². The molecule has 1 aliphatic heterocycles. The van der Waals surface area contributed by atoms with Gasteiger partial charge in [0.1, 0.15) is 0 Å². The summed E-state index contributed by atoms with van der Waals surface area (Å²) in [6.45, 7) is 8.90. The number of hydrogen-bond donors (Lipinski definition) is 0. The van der Waals surface area contributed by atoms with E-state index in [-0.39, 0.29) is 0 Å². The summed E-state index contributed by atoms with van der Waals surface area (Å²) >= 11 is 0. The fraction of sp³-hybridized carbons (Fsp3) is 0.0139. The van der Waals surface area contributed by atoms with Gasteiger partial charge in [-0.15, -0.1) is 0 Å². The summed E-state index contributed by atoms with van der Waals surface area (Å²) in [6.07, 6.45) is 0. The highest BCUT2D eigenvalue weighted by molar-refractivity contribution is 6.11. The van der Waals surface area contributed by atoms with E-state index in [1.807, 2.05) is 72.8 Å². The molecule has 0 fully saturated rings. The summed E-state index contributed by atoms with van der Waals surface area (Å²) in [5.74, 6) is 1.35.